The summed E-state index contributed by atoms with van der Waals surface area (Å²) >= 11 is 0. The van der Waals surface area contributed by atoms with Crippen molar-refractivity contribution in [3.05, 3.63) is 41.7 Å². The molecule has 1 N–H and O–H groups in total. The normalized spacial score (nSPS) is 11.8. The summed E-state index contributed by atoms with van der Waals surface area (Å²) in [5, 5.41) is 7.16. The van der Waals surface area contributed by atoms with Crippen molar-refractivity contribution in [1.29, 1.82) is 0 Å². The second-order valence-corrected chi connectivity index (χ2v) is 5.72. The van der Waals surface area contributed by atoms with Gasteiger partial charge >= 0.3 is 6.01 Å². The Hall–Kier alpha value is -1.84. The smallest absolute Gasteiger partial charge is 0.321 e. The molecule has 0 atom stereocenters. The van der Waals surface area contributed by atoms with E-state index in [2.05, 4.69) is 53.6 Å². The van der Waals surface area contributed by atoms with Crippen LogP contribution in [0, 0.1) is 0 Å². The van der Waals surface area contributed by atoms with E-state index in [1.807, 2.05) is 19.9 Å². The van der Waals surface area contributed by atoms with Crippen LogP contribution < -0.4 is 5.32 Å². The number of nitrogens with one attached hydrogen (secondary N) is 1. The quantitative estimate of drug-likeness (QED) is 0.891. The van der Waals surface area contributed by atoms with Gasteiger partial charge in [-0.2, -0.15) is 4.98 Å². The van der Waals surface area contributed by atoms with E-state index in [9.17, 15) is 0 Å². The van der Waals surface area contributed by atoms with Crippen LogP contribution in [0.15, 0.2) is 34.9 Å². The van der Waals surface area contributed by atoms with Crippen LogP contribution in [0.3, 0.4) is 0 Å². The summed E-state index contributed by atoms with van der Waals surface area (Å²) in [5.74, 6) is 1.02. The Balaban J connectivity index is 2.01. The Kier molecular flexibility index (Phi) is 3.88. The van der Waals surface area contributed by atoms with E-state index in [-0.39, 0.29) is 11.3 Å². The SMILES string of the molecule is CC(C)c1noc(NCC(C)(C)c2ccccc2)n1. The first-order valence-corrected chi connectivity index (χ1v) is 6.62. The fourth-order valence-corrected chi connectivity index (χ4v) is 1.83. The maximum atomic E-state index is 5.18. The van der Waals surface area contributed by atoms with Gasteiger partial charge in [-0.25, -0.2) is 0 Å². The van der Waals surface area contributed by atoms with Gasteiger partial charge in [-0.1, -0.05) is 63.2 Å². The summed E-state index contributed by atoms with van der Waals surface area (Å²) in [7, 11) is 0. The molecule has 102 valence electrons. The van der Waals surface area contributed by atoms with Crippen molar-refractivity contribution in [1.82, 2.24) is 10.1 Å². The molecule has 1 aromatic heterocycles. The van der Waals surface area contributed by atoms with Gasteiger partial charge in [0.25, 0.3) is 0 Å². The second kappa shape index (κ2) is 5.43. The van der Waals surface area contributed by atoms with E-state index in [1.54, 1.807) is 0 Å². The fraction of sp³-hybridized carbons (Fsp3) is 0.467. The van der Waals surface area contributed by atoms with Gasteiger partial charge in [0, 0.05) is 17.9 Å². The molecule has 0 saturated carbocycles. The van der Waals surface area contributed by atoms with Gasteiger partial charge in [-0.3, -0.25) is 0 Å². The van der Waals surface area contributed by atoms with E-state index < -0.39 is 0 Å². The Morgan fingerprint density at radius 2 is 1.89 bits per heavy atom. The average Bonchev–Trinajstić information content (AvgIpc) is 2.87. The highest BCUT2D eigenvalue weighted by Crippen LogP contribution is 2.23. The van der Waals surface area contributed by atoms with Crippen molar-refractivity contribution in [2.24, 2.45) is 0 Å². The van der Waals surface area contributed by atoms with Gasteiger partial charge in [0.1, 0.15) is 0 Å². The van der Waals surface area contributed by atoms with E-state index in [1.165, 1.54) is 5.56 Å². The summed E-state index contributed by atoms with van der Waals surface area (Å²) in [6.07, 6.45) is 0. The lowest BCUT2D eigenvalue weighted by Gasteiger charge is -2.24. The molecule has 0 saturated heterocycles. The van der Waals surface area contributed by atoms with E-state index in [4.69, 9.17) is 4.52 Å². The molecule has 0 radical (unpaired) electrons. The molecule has 4 heteroatoms. The molecular formula is C15H21N3O. The second-order valence-electron chi connectivity index (χ2n) is 5.72. The number of benzene rings is 1. The minimum absolute atomic E-state index is 0.00766. The molecule has 0 aliphatic heterocycles. The zero-order valence-electron chi connectivity index (χ0n) is 12.0. The van der Waals surface area contributed by atoms with Gasteiger partial charge < -0.3 is 9.84 Å². The molecule has 19 heavy (non-hydrogen) atoms. The Morgan fingerprint density at radius 3 is 2.47 bits per heavy atom. The lowest BCUT2D eigenvalue weighted by molar-refractivity contribution is 0.414. The van der Waals surface area contributed by atoms with Crippen molar-refractivity contribution in [3.8, 4) is 0 Å². The summed E-state index contributed by atoms with van der Waals surface area (Å²) < 4.78 is 5.18. The van der Waals surface area contributed by atoms with Crippen LogP contribution >= 0.6 is 0 Å². The number of rotatable bonds is 5. The van der Waals surface area contributed by atoms with Crippen LogP contribution in [-0.2, 0) is 5.41 Å². The molecule has 0 unspecified atom stereocenters. The van der Waals surface area contributed by atoms with Gasteiger partial charge in [0.2, 0.25) is 0 Å². The molecular weight excluding hydrogens is 238 g/mol. The predicted molar refractivity (Wildman–Crippen MR) is 76.3 cm³/mol. The molecule has 0 aliphatic carbocycles. The minimum Gasteiger partial charge on any atom is -0.337 e. The van der Waals surface area contributed by atoms with Crippen molar-refractivity contribution < 1.29 is 4.52 Å². The van der Waals surface area contributed by atoms with Crippen molar-refractivity contribution in [2.75, 3.05) is 11.9 Å². The van der Waals surface area contributed by atoms with Gasteiger partial charge in [0.05, 0.1) is 0 Å². The van der Waals surface area contributed by atoms with Crippen LogP contribution in [0.4, 0.5) is 6.01 Å². The first-order valence-electron chi connectivity index (χ1n) is 6.62. The van der Waals surface area contributed by atoms with E-state index >= 15 is 0 Å². The number of aromatic nitrogens is 2. The van der Waals surface area contributed by atoms with Crippen LogP contribution in [0.5, 0.6) is 0 Å². The van der Waals surface area contributed by atoms with E-state index in [0.29, 0.717) is 6.01 Å². The Labute approximate surface area is 114 Å². The molecule has 2 aromatic rings. The molecule has 0 bridgehead atoms. The summed E-state index contributed by atoms with van der Waals surface area (Å²) in [4.78, 5) is 4.32. The first-order chi connectivity index (χ1) is 8.99. The highest BCUT2D eigenvalue weighted by atomic mass is 16.5. The molecule has 0 amide bonds. The summed E-state index contributed by atoms with van der Waals surface area (Å²) in [6, 6.07) is 10.9. The number of nitrogens with zero attached hydrogens (tertiary/aromatic N) is 2. The number of hydrogen-bond acceptors (Lipinski definition) is 4. The Morgan fingerprint density at radius 1 is 1.21 bits per heavy atom. The summed E-state index contributed by atoms with van der Waals surface area (Å²) in [6.45, 7) is 9.21. The number of anilines is 1. The maximum Gasteiger partial charge on any atom is 0.321 e. The van der Waals surface area contributed by atoms with Gasteiger partial charge in [-0.05, 0) is 5.56 Å². The molecule has 0 aliphatic rings. The highest BCUT2D eigenvalue weighted by Gasteiger charge is 2.21. The van der Waals surface area contributed by atoms with Crippen molar-refractivity contribution in [3.63, 3.8) is 0 Å². The molecule has 1 aromatic carbocycles. The molecule has 0 fully saturated rings. The zero-order valence-corrected chi connectivity index (χ0v) is 12.0. The minimum atomic E-state index is 0.00766. The fourth-order valence-electron chi connectivity index (χ4n) is 1.83. The molecule has 2 rings (SSSR count). The number of hydrogen-bond donors (Lipinski definition) is 1. The maximum absolute atomic E-state index is 5.18. The molecule has 4 nitrogen and oxygen atoms in total. The van der Waals surface area contributed by atoms with Crippen molar-refractivity contribution in [2.45, 2.75) is 39.0 Å². The Bertz CT molecular complexity index is 517. The third-order valence-electron chi connectivity index (χ3n) is 3.19. The predicted octanol–water partition coefficient (Wildman–Crippen LogP) is 3.58. The lowest BCUT2D eigenvalue weighted by Crippen LogP contribution is -2.27. The van der Waals surface area contributed by atoms with Crippen LogP contribution in [0.1, 0.15) is 45.0 Å². The topological polar surface area (TPSA) is 51.0 Å². The van der Waals surface area contributed by atoms with E-state index in [0.717, 1.165) is 12.4 Å². The zero-order chi connectivity index (χ0) is 13.9. The van der Waals surface area contributed by atoms with Gasteiger partial charge in [0.15, 0.2) is 5.82 Å². The van der Waals surface area contributed by atoms with Crippen LogP contribution in [0.2, 0.25) is 0 Å². The van der Waals surface area contributed by atoms with Gasteiger partial charge in [-0.15, -0.1) is 0 Å². The third-order valence-corrected chi connectivity index (χ3v) is 3.19. The lowest BCUT2D eigenvalue weighted by atomic mass is 9.85. The largest absolute Gasteiger partial charge is 0.337 e. The molecule has 1 heterocycles. The van der Waals surface area contributed by atoms with Crippen LogP contribution in [-0.4, -0.2) is 16.7 Å². The summed E-state index contributed by atoms with van der Waals surface area (Å²) in [5.41, 5.74) is 1.29. The highest BCUT2D eigenvalue weighted by molar-refractivity contribution is 5.28. The first kappa shape index (κ1) is 13.6. The average molecular weight is 259 g/mol. The van der Waals surface area contributed by atoms with Crippen molar-refractivity contribution >= 4 is 6.01 Å². The molecule has 0 spiro atoms. The monoisotopic (exact) mass is 259 g/mol. The standard InChI is InChI=1S/C15H21N3O/c1-11(2)13-17-14(19-18-13)16-10-15(3,4)12-8-6-5-7-9-12/h5-9,11H,10H2,1-4H3,(H,16,17,18). The third kappa shape index (κ3) is 3.34. The van der Waals surface area contributed by atoms with Crippen LogP contribution in [0.25, 0.3) is 0 Å².